The maximum Gasteiger partial charge on any atom is 0.311 e. The number of carboxylic acids is 2. The molecular weight excluding hydrogens is 282 g/mol. The van der Waals surface area contributed by atoms with Crippen molar-refractivity contribution in [3.05, 3.63) is 35.4 Å². The van der Waals surface area contributed by atoms with Crippen molar-refractivity contribution in [2.45, 2.75) is 44.4 Å². The number of aryl methyl sites for hydroxylation is 1. The van der Waals surface area contributed by atoms with Gasteiger partial charge in [0.15, 0.2) is 0 Å². The van der Waals surface area contributed by atoms with Crippen LogP contribution in [0, 0.1) is 5.41 Å². The topological polar surface area (TPSA) is 101 Å². The number of hydrogen-bond donors (Lipinski definition) is 3. The van der Waals surface area contributed by atoms with E-state index in [1.165, 1.54) is 0 Å². The van der Waals surface area contributed by atoms with E-state index in [-0.39, 0.29) is 18.9 Å². The summed E-state index contributed by atoms with van der Waals surface area (Å²) in [5, 5.41) is 18.4. The average Bonchev–Trinajstić information content (AvgIpc) is 2.53. The van der Waals surface area contributed by atoms with Crippen LogP contribution in [-0.2, 0) is 16.0 Å². The highest BCUT2D eigenvalue weighted by atomic mass is 16.4. The number of rotatable bonds is 6. The van der Waals surface area contributed by atoms with Crippen LogP contribution in [0.2, 0.25) is 0 Å². The summed E-state index contributed by atoms with van der Waals surface area (Å²) in [6.07, 6.45) is 3.95. The maximum atomic E-state index is 11.8. The Hall–Kier alpha value is -1.88. The van der Waals surface area contributed by atoms with Gasteiger partial charge in [0, 0.05) is 18.9 Å². The van der Waals surface area contributed by atoms with Crippen LogP contribution in [0.25, 0.3) is 0 Å². The van der Waals surface area contributed by atoms with E-state index in [0.29, 0.717) is 12.8 Å². The third-order valence-corrected chi connectivity index (χ3v) is 4.83. The largest absolute Gasteiger partial charge is 0.481 e. The summed E-state index contributed by atoms with van der Waals surface area (Å²) in [7, 11) is 0. The van der Waals surface area contributed by atoms with E-state index in [1.54, 1.807) is 0 Å². The van der Waals surface area contributed by atoms with Gasteiger partial charge >= 0.3 is 11.9 Å². The average molecular weight is 305 g/mol. The van der Waals surface area contributed by atoms with Crippen LogP contribution in [0.1, 0.15) is 49.1 Å². The first-order chi connectivity index (χ1) is 10.5. The first-order valence-corrected chi connectivity index (χ1v) is 7.73. The second-order valence-electron chi connectivity index (χ2n) is 6.10. The Bertz CT molecular complexity index is 540. The Morgan fingerprint density at radius 1 is 1.18 bits per heavy atom. The minimum Gasteiger partial charge on any atom is -0.481 e. The molecule has 2 atom stereocenters. The van der Waals surface area contributed by atoms with Crippen LogP contribution in [0.5, 0.6) is 0 Å². The minimum absolute atomic E-state index is 0.0720. The lowest BCUT2D eigenvalue weighted by Crippen LogP contribution is -2.45. The molecule has 0 radical (unpaired) electrons. The highest BCUT2D eigenvalue weighted by Gasteiger charge is 2.46. The van der Waals surface area contributed by atoms with Crippen LogP contribution < -0.4 is 5.73 Å². The molecule has 1 aliphatic rings. The smallest absolute Gasteiger partial charge is 0.311 e. The lowest BCUT2D eigenvalue weighted by atomic mass is 9.63. The van der Waals surface area contributed by atoms with Crippen LogP contribution in [0.4, 0.5) is 0 Å². The number of carboxylic acid groups (broad SMARTS) is 2. The van der Waals surface area contributed by atoms with Gasteiger partial charge in [-0.25, -0.2) is 0 Å². The molecule has 0 heterocycles. The van der Waals surface area contributed by atoms with Crippen molar-refractivity contribution in [1.82, 2.24) is 0 Å². The summed E-state index contributed by atoms with van der Waals surface area (Å²) in [5.41, 5.74) is 6.90. The van der Waals surface area contributed by atoms with E-state index in [4.69, 9.17) is 10.8 Å². The van der Waals surface area contributed by atoms with E-state index in [1.807, 2.05) is 24.3 Å². The number of nitrogens with two attached hydrogens (primary N) is 1. The fraction of sp³-hybridized carbons (Fsp3) is 0.529. The summed E-state index contributed by atoms with van der Waals surface area (Å²) < 4.78 is 0. The standard InChI is InChI=1S/C17H23NO4/c18-11-17(16(21)22)10-2-1-3-14(17)13-7-4-12(5-8-13)6-9-15(19)20/h4-5,7-8,14H,1-3,6,9-11,18H2,(H,19,20)(H,21,22)/t14-,17-/m0/s1. The zero-order valence-electron chi connectivity index (χ0n) is 12.6. The van der Waals surface area contributed by atoms with Crippen molar-refractivity contribution in [2.24, 2.45) is 11.1 Å². The van der Waals surface area contributed by atoms with Crippen molar-refractivity contribution in [3.8, 4) is 0 Å². The van der Waals surface area contributed by atoms with Gasteiger partial charge in [0.05, 0.1) is 5.41 Å². The molecule has 1 aromatic rings. The van der Waals surface area contributed by atoms with Crippen LogP contribution >= 0.6 is 0 Å². The Kier molecular flexibility index (Phi) is 5.19. The first-order valence-electron chi connectivity index (χ1n) is 7.73. The SMILES string of the molecule is NC[C@@]1(C(=O)O)CCCC[C@H]1c1ccc(CCC(=O)O)cc1. The molecule has 0 saturated heterocycles. The van der Waals surface area contributed by atoms with Crippen LogP contribution in [-0.4, -0.2) is 28.7 Å². The second-order valence-corrected chi connectivity index (χ2v) is 6.10. The number of hydrogen-bond acceptors (Lipinski definition) is 3. The van der Waals surface area contributed by atoms with Gasteiger partial charge in [-0.1, -0.05) is 37.1 Å². The van der Waals surface area contributed by atoms with Gasteiger partial charge in [0.25, 0.3) is 0 Å². The van der Waals surface area contributed by atoms with Gasteiger partial charge in [-0.15, -0.1) is 0 Å². The van der Waals surface area contributed by atoms with E-state index in [9.17, 15) is 14.7 Å². The van der Waals surface area contributed by atoms with Crippen molar-refractivity contribution in [1.29, 1.82) is 0 Å². The third kappa shape index (κ3) is 3.30. The fourth-order valence-corrected chi connectivity index (χ4v) is 3.48. The molecular formula is C17H23NO4. The van der Waals surface area contributed by atoms with Gasteiger partial charge < -0.3 is 15.9 Å². The van der Waals surface area contributed by atoms with Gasteiger partial charge in [-0.3, -0.25) is 9.59 Å². The Morgan fingerprint density at radius 3 is 2.41 bits per heavy atom. The Morgan fingerprint density at radius 2 is 1.86 bits per heavy atom. The number of benzene rings is 1. The molecule has 0 aliphatic heterocycles. The molecule has 1 aromatic carbocycles. The summed E-state index contributed by atoms with van der Waals surface area (Å²) in [6.45, 7) is 0.147. The van der Waals surface area contributed by atoms with E-state index >= 15 is 0 Å². The summed E-state index contributed by atoms with van der Waals surface area (Å²) >= 11 is 0. The maximum absolute atomic E-state index is 11.8. The first kappa shape index (κ1) is 16.5. The van der Waals surface area contributed by atoms with E-state index in [2.05, 4.69) is 0 Å². The third-order valence-electron chi connectivity index (χ3n) is 4.83. The fourth-order valence-electron chi connectivity index (χ4n) is 3.48. The molecule has 0 unspecified atom stereocenters. The molecule has 1 saturated carbocycles. The Balaban J connectivity index is 2.21. The summed E-state index contributed by atoms with van der Waals surface area (Å²) in [6, 6.07) is 7.66. The van der Waals surface area contributed by atoms with Gasteiger partial charge in [0.1, 0.15) is 0 Å². The monoisotopic (exact) mass is 305 g/mol. The van der Waals surface area contributed by atoms with Gasteiger partial charge in [-0.2, -0.15) is 0 Å². The van der Waals surface area contributed by atoms with E-state index in [0.717, 1.165) is 30.4 Å². The Labute approximate surface area is 130 Å². The van der Waals surface area contributed by atoms with Crippen LogP contribution in [0.3, 0.4) is 0 Å². The molecule has 120 valence electrons. The number of carbonyl (C=O) groups is 2. The highest BCUT2D eigenvalue weighted by Crippen LogP contribution is 2.47. The van der Waals surface area contributed by atoms with Crippen molar-refractivity contribution in [2.75, 3.05) is 6.54 Å². The zero-order chi connectivity index (χ0) is 16.2. The van der Waals surface area contributed by atoms with E-state index < -0.39 is 17.4 Å². The molecule has 1 fully saturated rings. The second kappa shape index (κ2) is 6.92. The minimum atomic E-state index is -0.874. The molecule has 5 heteroatoms. The molecule has 0 bridgehead atoms. The van der Waals surface area contributed by atoms with Gasteiger partial charge in [-0.05, 0) is 30.4 Å². The predicted molar refractivity (Wildman–Crippen MR) is 82.7 cm³/mol. The molecule has 0 aromatic heterocycles. The molecule has 1 aliphatic carbocycles. The van der Waals surface area contributed by atoms with Crippen molar-refractivity contribution >= 4 is 11.9 Å². The van der Waals surface area contributed by atoms with Crippen molar-refractivity contribution in [3.63, 3.8) is 0 Å². The quantitative estimate of drug-likeness (QED) is 0.749. The van der Waals surface area contributed by atoms with Crippen molar-refractivity contribution < 1.29 is 19.8 Å². The number of aliphatic carboxylic acids is 2. The lowest BCUT2D eigenvalue weighted by Gasteiger charge is -2.40. The lowest BCUT2D eigenvalue weighted by molar-refractivity contribution is -0.151. The zero-order valence-corrected chi connectivity index (χ0v) is 12.6. The molecule has 22 heavy (non-hydrogen) atoms. The normalized spacial score (nSPS) is 24.9. The summed E-state index contributed by atoms with van der Waals surface area (Å²) in [5.74, 6) is -1.70. The highest BCUT2D eigenvalue weighted by molar-refractivity contribution is 5.76. The molecule has 2 rings (SSSR count). The molecule has 4 N–H and O–H groups in total. The molecule has 0 spiro atoms. The van der Waals surface area contributed by atoms with Crippen LogP contribution in [0.15, 0.2) is 24.3 Å². The van der Waals surface area contributed by atoms with Gasteiger partial charge in [0.2, 0.25) is 0 Å². The molecule has 0 amide bonds. The predicted octanol–water partition coefficient (Wildman–Crippen LogP) is 2.39. The molecule has 5 nitrogen and oxygen atoms in total. The summed E-state index contributed by atoms with van der Waals surface area (Å²) in [4.78, 5) is 22.4.